The molecule has 0 heterocycles. The molecule has 0 aliphatic heterocycles. The fourth-order valence-electron chi connectivity index (χ4n) is 2.67. The van der Waals surface area contributed by atoms with Crippen LogP contribution in [-0.4, -0.2) is 18.8 Å². The van der Waals surface area contributed by atoms with Gasteiger partial charge in [0, 0.05) is 10.9 Å². The Kier molecular flexibility index (Phi) is 2.95. The Hall–Kier alpha value is -0.470. The topological polar surface area (TPSA) is 12.0 Å². The summed E-state index contributed by atoms with van der Waals surface area (Å²) in [6.45, 7) is 3.63. The molecule has 2 aliphatic carbocycles. The van der Waals surface area contributed by atoms with Crippen LogP contribution in [0.15, 0.2) is 29.2 Å². The minimum Gasteiger partial charge on any atom is -0.314 e. The van der Waals surface area contributed by atoms with Crippen LogP contribution < -0.4 is 5.32 Å². The summed E-state index contributed by atoms with van der Waals surface area (Å²) in [5.74, 6) is 0.850. The predicted molar refractivity (Wildman–Crippen MR) is 74.7 cm³/mol. The largest absolute Gasteiger partial charge is 0.314 e. The van der Waals surface area contributed by atoms with Crippen molar-refractivity contribution in [2.24, 2.45) is 5.92 Å². The Labute approximate surface area is 108 Å². The smallest absolute Gasteiger partial charge is 0.00693 e. The summed E-state index contributed by atoms with van der Waals surface area (Å²) in [5, 5.41) is 3.66. The molecular formula is C15H21NS. The summed E-state index contributed by atoms with van der Waals surface area (Å²) in [6, 6.07) is 10.0. The molecule has 2 saturated carbocycles. The second kappa shape index (κ2) is 4.33. The summed E-state index contributed by atoms with van der Waals surface area (Å²) in [7, 11) is 0. The van der Waals surface area contributed by atoms with E-state index in [1.165, 1.54) is 36.3 Å². The van der Waals surface area contributed by atoms with Crippen molar-refractivity contribution in [1.29, 1.82) is 0 Å². The van der Waals surface area contributed by atoms with Gasteiger partial charge in [0.2, 0.25) is 0 Å². The van der Waals surface area contributed by atoms with Crippen molar-refractivity contribution in [2.45, 2.75) is 42.5 Å². The van der Waals surface area contributed by atoms with Gasteiger partial charge in [-0.2, -0.15) is 0 Å². The minimum absolute atomic E-state index is 0.443. The van der Waals surface area contributed by atoms with Crippen LogP contribution in [0.3, 0.4) is 0 Å². The van der Waals surface area contributed by atoms with Crippen LogP contribution in [0.2, 0.25) is 0 Å². The van der Waals surface area contributed by atoms with Crippen molar-refractivity contribution < 1.29 is 0 Å². The average molecular weight is 247 g/mol. The molecule has 2 unspecified atom stereocenters. The van der Waals surface area contributed by atoms with E-state index in [9.17, 15) is 0 Å². The van der Waals surface area contributed by atoms with Crippen molar-refractivity contribution in [2.75, 3.05) is 12.8 Å². The summed E-state index contributed by atoms with van der Waals surface area (Å²) in [4.78, 5) is 1.37. The van der Waals surface area contributed by atoms with Crippen LogP contribution in [0.25, 0.3) is 0 Å². The molecular weight excluding hydrogens is 226 g/mol. The number of hydrogen-bond donors (Lipinski definition) is 1. The molecule has 0 spiro atoms. The van der Waals surface area contributed by atoms with E-state index in [1.54, 1.807) is 0 Å². The van der Waals surface area contributed by atoms with Gasteiger partial charge in [0.25, 0.3) is 0 Å². The Morgan fingerprint density at radius 2 is 2.00 bits per heavy atom. The lowest BCUT2D eigenvalue weighted by Crippen LogP contribution is -2.22. The van der Waals surface area contributed by atoms with Gasteiger partial charge in [-0.15, -0.1) is 11.8 Å². The predicted octanol–water partition coefficient (Wildman–Crippen LogP) is 3.44. The number of thioether (sulfide) groups is 1. The number of nitrogens with one attached hydrogen (secondary N) is 1. The molecule has 17 heavy (non-hydrogen) atoms. The van der Waals surface area contributed by atoms with Crippen LogP contribution in [0.4, 0.5) is 0 Å². The van der Waals surface area contributed by atoms with Gasteiger partial charge in [-0.3, -0.25) is 0 Å². The lowest BCUT2D eigenvalue weighted by Gasteiger charge is -2.13. The number of benzene rings is 1. The van der Waals surface area contributed by atoms with Gasteiger partial charge in [-0.1, -0.05) is 19.1 Å². The lowest BCUT2D eigenvalue weighted by atomic mass is 9.95. The van der Waals surface area contributed by atoms with E-state index < -0.39 is 0 Å². The van der Waals surface area contributed by atoms with Crippen LogP contribution in [0, 0.1) is 5.92 Å². The van der Waals surface area contributed by atoms with Gasteiger partial charge < -0.3 is 5.32 Å². The molecule has 1 aromatic carbocycles. The first-order valence-corrected chi connectivity index (χ1v) is 7.83. The Bertz CT molecular complexity index is 396. The van der Waals surface area contributed by atoms with Crippen molar-refractivity contribution in [3.63, 3.8) is 0 Å². The molecule has 2 fully saturated rings. The zero-order chi connectivity index (χ0) is 11.9. The van der Waals surface area contributed by atoms with Crippen LogP contribution in [0.1, 0.15) is 31.7 Å². The van der Waals surface area contributed by atoms with Crippen molar-refractivity contribution in [3.05, 3.63) is 29.8 Å². The Morgan fingerprint density at radius 1 is 1.29 bits per heavy atom. The molecule has 3 rings (SSSR count). The molecule has 92 valence electrons. The van der Waals surface area contributed by atoms with E-state index >= 15 is 0 Å². The van der Waals surface area contributed by atoms with Gasteiger partial charge in [-0.25, -0.2) is 0 Å². The molecule has 2 aliphatic rings. The van der Waals surface area contributed by atoms with Gasteiger partial charge >= 0.3 is 0 Å². The quantitative estimate of drug-likeness (QED) is 0.800. The SMILES string of the molecule is CSc1ccc(C2(C)CC2CNC2CC2)cc1. The highest BCUT2D eigenvalue weighted by Crippen LogP contribution is 2.53. The lowest BCUT2D eigenvalue weighted by molar-refractivity contribution is 0.575. The third-order valence-electron chi connectivity index (χ3n) is 4.39. The fourth-order valence-corrected chi connectivity index (χ4v) is 3.08. The maximum atomic E-state index is 3.66. The second-order valence-corrected chi connectivity index (χ2v) is 6.61. The highest BCUT2D eigenvalue weighted by molar-refractivity contribution is 7.98. The Morgan fingerprint density at radius 3 is 2.59 bits per heavy atom. The standard InChI is InChI=1S/C15H21NS/c1-15(9-12(15)10-16-13-5-6-13)11-3-7-14(17-2)8-4-11/h3-4,7-8,12-13,16H,5-6,9-10H2,1-2H3. The highest BCUT2D eigenvalue weighted by atomic mass is 32.2. The van der Waals surface area contributed by atoms with Crippen LogP contribution in [0.5, 0.6) is 0 Å². The maximum Gasteiger partial charge on any atom is 0.00693 e. The molecule has 2 heteroatoms. The summed E-state index contributed by atoms with van der Waals surface area (Å²) < 4.78 is 0. The van der Waals surface area contributed by atoms with E-state index in [-0.39, 0.29) is 0 Å². The third kappa shape index (κ3) is 2.38. The molecule has 0 amide bonds. The molecule has 0 saturated heterocycles. The van der Waals surface area contributed by atoms with Gasteiger partial charge in [0.1, 0.15) is 0 Å². The molecule has 0 aromatic heterocycles. The van der Waals surface area contributed by atoms with Crippen molar-refractivity contribution in [1.82, 2.24) is 5.32 Å². The zero-order valence-corrected chi connectivity index (χ0v) is 11.5. The van der Waals surface area contributed by atoms with Crippen molar-refractivity contribution >= 4 is 11.8 Å². The van der Waals surface area contributed by atoms with Gasteiger partial charge in [-0.05, 0) is 61.1 Å². The van der Waals surface area contributed by atoms with E-state index in [4.69, 9.17) is 0 Å². The van der Waals surface area contributed by atoms with E-state index in [0.29, 0.717) is 5.41 Å². The minimum atomic E-state index is 0.443. The van der Waals surface area contributed by atoms with Crippen LogP contribution >= 0.6 is 11.8 Å². The molecule has 1 aromatic rings. The normalized spacial score (nSPS) is 31.5. The van der Waals surface area contributed by atoms with E-state index in [0.717, 1.165) is 12.0 Å². The number of rotatable bonds is 5. The first kappa shape index (κ1) is 11.6. The third-order valence-corrected chi connectivity index (χ3v) is 5.13. The molecule has 1 N–H and O–H groups in total. The van der Waals surface area contributed by atoms with Crippen molar-refractivity contribution in [3.8, 4) is 0 Å². The summed E-state index contributed by atoms with van der Waals surface area (Å²) in [5.41, 5.74) is 1.97. The maximum absolute atomic E-state index is 3.66. The second-order valence-electron chi connectivity index (χ2n) is 5.73. The monoisotopic (exact) mass is 247 g/mol. The molecule has 2 atom stereocenters. The van der Waals surface area contributed by atoms with E-state index in [1.807, 2.05) is 11.8 Å². The summed E-state index contributed by atoms with van der Waals surface area (Å²) >= 11 is 1.82. The summed E-state index contributed by atoms with van der Waals surface area (Å²) in [6.07, 6.45) is 6.28. The molecule has 0 bridgehead atoms. The molecule has 0 radical (unpaired) electrons. The van der Waals surface area contributed by atoms with Gasteiger partial charge in [0.15, 0.2) is 0 Å². The van der Waals surface area contributed by atoms with E-state index in [2.05, 4.69) is 42.8 Å². The zero-order valence-electron chi connectivity index (χ0n) is 10.7. The first-order chi connectivity index (χ1) is 8.22. The molecule has 1 nitrogen and oxygen atoms in total. The average Bonchev–Trinajstić information content (AvgIpc) is 3.24. The number of hydrogen-bond acceptors (Lipinski definition) is 2. The highest BCUT2D eigenvalue weighted by Gasteiger charge is 2.50. The van der Waals surface area contributed by atoms with Crippen LogP contribution in [-0.2, 0) is 5.41 Å². The van der Waals surface area contributed by atoms with Gasteiger partial charge in [0.05, 0.1) is 0 Å². The fraction of sp³-hybridized carbons (Fsp3) is 0.600. The first-order valence-electron chi connectivity index (χ1n) is 6.60. The Balaban J connectivity index is 1.62.